The van der Waals surface area contributed by atoms with Crippen molar-refractivity contribution in [3.8, 4) is 0 Å². The molecule has 0 aliphatic rings. The van der Waals surface area contributed by atoms with Crippen molar-refractivity contribution in [1.82, 2.24) is 10.6 Å². The molecule has 2 N–H and O–H groups in total. The second kappa shape index (κ2) is 7.57. The van der Waals surface area contributed by atoms with Gasteiger partial charge >= 0.3 is 12.0 Å². The van der Waals surface area contributed by atoms with Gasteiger partial charge in [-0.15, -0.1) is 0 Å². The number of carbonyl (C=O) groups excluding carboxylic acids is 3. The van der Waals surface area contributed by atoms with Crippen molar-refractivity contribution < 1.29 is 23.5 Å². The first-order chi connectivity index (χ1) is 11.7. The fourth-order valence-corrected chi connectivity index (χ4v) is 2.34. The Balaban J connectivity index is 2.07. The zero-order chi connectivity index (χ0) is 18.7. The molecule has 0 aliphatic carbocycles. The van der Waals surface area contributed by atoms with Crippen molar-refractivity contribution in [3.63, 3.8) is 0 Å². The van der Waals surface area contributed by atoms with Gasteiger partial charge < -0.3 is 14.5 Å². The van der Waals surface area contributed by atoms with Gasteiger partial charge in [-0.25, -0.2) is 9.59 Å². The summed E-state index contributed by atoms with van der Waals surface area (Å²) in [5.41, 5.74) is 1.05. The van der Waals surface area contributed by atoms with Crippen LogP contribution in [0, 0.1) is 6.92 Å². The van der Waals surface area contributed by atoms with Crippen LogP contribution >= 0.6 is 11.6 Å². The Morgan fingerprint density at radius 1 is 1.20 bits per heavy atom. The van der Waals surface area contributed by atoms with Crippen LogP contribution in [0.3, 0.4) is 0 Å². The van der Waals surface area contributed by atoms with Crippen LogP contribution in [0.15, 0.2) is 22.6 Å². The molecule has 0 saturated heterocycles. The number of nitrogens with one attached hydrogen (secondary N) is 2. The summed E-state index contributed by atoms with van der Waals surface area (Å²) in [7, 11) is 0. The zero-order valence-corrected chi connectivity index (χ0v) is 15.1. The lowest BCUT2D eigenvalue weighted by molar-refractivity contribution is -0.128. The van der Waals surface area contributed by atoms with Crippen molar-refractivity contribution in [2.75, 3.05) is 0 Å². The molecule has 0 radical (unpaired) electrons. The number of esters is 1. The van der Waals surface area contributed by atoms with E-state index in [9.17, 15) is 14.4 Å². The Hall–Kier alpha value is -2.54. The van der Waals surface area contributed by atoms with Gasteiger partial charge in [0.05, 0.1) is 0 Å². The second-order valence-corrected chi connectivity index (χ2v) is 6.30. The van der Waals surface area contributed by atoms with E-state index in [4.69, 9.17) is 20.8 Å². The van der Waals surface area contributed by atoms with Crippen LogP contribution in [0.4, 0.5) is 4.79 Å². The van der Waals surface area contributed by atoms with Crippen molar-refractivity contribution in [2.24, 2.45) is 0 Å². The van der Waals surface area contributed by atoms with E-state index in [-0.39, 0.29) is 11.8 Å². The summed E-state index contributed by atoms with van der Waals surface area (Å²) in [6, 6.07) is 4.19. The molecule has 134 valence electrons. The van der Waals surface area contributed by atoms with E-state index in [0.29, 0.717) is 21.6 Å². The van der Waals surface area contributed by atoms with E-state index in [1.165, 1.54) is 6.92 Å². The summed E-state index contributed by atoms with van der Waals surface area (Å²) in [4.78, 5) is 35.7. The van der Waals surface area contributed by atoms with E-state index in [0.717, 1.165) is 0 Å². The topological polar surface area (TPSA) is 97.6 Å². The SMILES string of the molecule is Cc1c(C(=O)O[C@H](C)C(=O)NC(=O)NC(C)C)oc2ccc(Cl)cc12. The van der Waals surface area contributed by atoms with Crippen LogP contribution in [-0.2, 0) is 9.53 Å². The maximum Gasteiger partial charge on any atom is 0.375 e. The normalized spacial score (nSPS) is 12.1. The summed E-state index contributed by atoms with van der Waals surface area (Å²) in [5, 5.41) is 5.81. The molecule has 0 spiro atoms. The molecule has 1 heterocycles. The van der Waals surface area contributed by atoms with Crippen molar-refractivity contribution in [3.05, 3.63) is 34.5 Å². The number of hydrogen-bond acceptors (Lipinski definition) is 5. The first-order valence-corrected chi connectivity index (χ1v) is 8.07. The number of imide groups is 1. The average molecular weight is 367 g/mol. The predicted octanol–water partition coefficient (Wildman–Crippen LogP) is 3.17. The number of urea groups is 1. The van der Waals surface area contributed by atoms with Gasteiger partial charge in [0, 0.05) is 22.0 Å². The molecule has 3 amide bonds. The maximum absolute atomic E-state index is 12.3. The number of carbonyl (C=O) groups is 3. The first-order valence-electron chi connectivity index (χ1n) is 7.70. The van der Waals surface area contributed by atoms with E-state index in [1.807, 2.05) is 0 Å². The van der Waals surface area contributed by atoms with Crippen molar-refractivity contribution in [1.29, 1.82) is 0 Å². The lowest BCUT2D eigenvalue weighted by atomic mass is 10.1. The molecule has 0 bridgehead atoms. The number of hydrogen-bond donors (Lipinski definition) is 2. The molecule has 1 atom stereocenters. The molecule has 0 aliphatic heterocycles. The molecular formula is C17H19ClN2O5. The summed E-state index contributed by atoms with van der Waals surface area (Å²) in [5.74, 6) is -1.54. The summed E-state index contributed by atoms with van der Waals surface area (Å²) in [6.07, 6.45) is -1.17. The van der Waals surface area contributed by atoms with E-state index >= 15 is 0 Å². The molecule has 1 aromatic carbocycles. The number of rotatable bonds is 4. The highest BCUT2D eigenvalue weighted by Crippen LogP contribution is 2.28. The molecule has 2 aromatic rings. The zero-order valence-electron chi connectivity index (χ0n) is 14.3. The Kier molecular flexibility index (Phi) is 5.69. The lowest BCUT2D eigenvalue weighted by Gasteiger charge is -2.13. The minimum Gasteiger partial charge on any atom is -0.449 e. The number of amides is 3. The smallest absolute Gasteiger partial charge is 0.375 e. The standard InChI is InChI=1S/C17H19ClN2O5/c1-8(2)19-17(23)20-15(21)10(4)24-16(22)14-9(3)12-7-11(18)5-6-13(12)25-14/h5-8,10H,1-4H3,(H2,19,20,21,23)/t10-/m1/s1. The minimum absolute atomic E-state index is 0.0106. The number of furan rings is 1. The highest BCUT2D eigenvalue weighted by Gasteiger charge is 2.25. The Bertz CT molecular complexity index is 828. The molecule has 8 heteroatoms. The quantitative estimate of drug-likeness (QED) is 0.810. The van der Waals surface area contributed by atoms with Crippen LogP contribution in [0.25, 0.3) is 11.0 Å². The second-order valence-electron chi connectivity index (χ2n) is 5.86. The maximum atomic E-state index is 12.3. The lowest BCUT2D eigenvalue weighted by Crippen LogP contribution is -2.46. The first kappa shape index (κ1) is 18.8. The van der Waals surface area contributed by atoms with Gasteiger partial charge in [0.25, 0.3) is 5.91 Å². The van der Waals surface area contributed by atoms with Crippen LogP contribution in [-0.4, -0.2) is 30.1 Å². The van der Waals surface area contributed by atoms with Gasteiger partial charge in [-0.05, 0) is 45.9 Å². The van der Waals surface area contributed by atoms with E-state index in [1.54, 1.807) is 39.0 Å². The molecule has 0 saturated carbocycles. The number of halogens is 1. The summed E-state index contributed by atoms with van der Waals surface area (Å²) < 4.78 is 10.6. The van der Waals surface area contributed by atoms with Crippen LogP contribution < -0.4 is 10.6 Å². The van der Waals surface area contributed by atoms with E-state index < -0.39 is 24.0 Å². The highest BCUT2D eigenvalue weighted by molar-refractivity contribution is 6.31. The molecular weight excluding hydrogens is 348 g/mol. The summed E-state index contributed by atoms with van der Waals surface area (Å²) in [6.45, 7) is 6.57. The monoisotopic (exact) mass is 366 g/mol. The largest absolute Gasteiger partial charge is 0.449 e. The molecule has 1 aromatic heterocycles. The average Bonchev–Trinajstić information content (AvgIpc) is 2.83. The molecule has 7 nitrogen and oxygen atoms in total. The number of aryl methyl sites for hydroxylation is 1. The van der Waals surface area contributed by atoms with Crippen LogP contribution in [0.5, 0.6) is 0 Å². The highest BCUT2D eigenvalue weighted by atomic mass is 35.5. The van der Waals surface area contributed by atoms with Gasteiger partial charge in [0.2, 0.25) is 5.76 Å². The predicted molar refractivity (Wildman–Crippen MR) is 92.6 cm³/mol. The number of fused-ring (bicyclic) bond motifs is 1. The van der Waals surface area contributed by atoms with Gasteiger partial charge in [-0.3, -0.25) is 10.1 Å². The third-order valence-electron chi connectivity index (χ3n) is 3.39. The van der Waals surface area contributed by atoms with Crippen molar-refractivity contribution >= 4 is 40.5 Å². The van der Waals surface area contributed by atoms with Crippen LogP contribution in [0.2, 0.25) is 5.02 Å². The Morgan fingerprint density at radius 3 is 2.52 bits per heavy atom. The third-order valence-corrected chi connectivity index (χ3v) is 3.63. The molecule has 25 heavy (non-hydrogen) atoms. The van der Waals surface area contributed by atoms with Crippen molar-refractivity contribution in [2.45, 2.75) is 39.8 Å². The van der Waals surface area contributed by atoms with Gasteiger partial charge in [0.1, 0.15) is 5.58 Å². The third kappa shape index (κ3) is 4.51. The Morgan fingerprint density at radius 2 is 1.88 bits per heavy atom. The molecule has 2 rings (SSSR count). The minimum atomic E-state index is -1.17. The number of ether oxygens (including phenoxy) is 1. The number of benzene rings is 1. The Labute approximate surface area is 149 Å². The fourth-order valence-electron chi connectivity index (χ4n) is 2.17. The van der Waals surface area contributed by atoms with Gasteiger partial charge in [-0.2, -0.15) is 0 Å². The molecule has 0 unspecified atom stereocenters. The summed E-state index contributed by atoms with van der Waals surface area (Å²) >= 11 is 5.94. The van der Waals surface area contributed by atoms with Gasteiger partial charge in [-0.1, -0.05) is 11.6 Å². The van der Waals surface area contributed by atoms with E-state index in [2.05, 4.69) is 10.6 Å². The van der Waals surface area contributed by atoms with Crippen LogP contribution in [0.1, 0.15) is 36.9 Å². The molecule has 0 fully saturated rings. The van der Waals surface area contributed by atoms with Gasteiger partial charge in [0.15, 0.2) is 6.10 Å². The fraction of sp³-hybridized carbons (Fsp3) is 0.353.